The van der Waals surface area contributed by atoms with Gasteiger partial charge in [0.05, 0.1) is 6.10 Å². The van der Waals surface area contributed by atoms with Crippen molar-refractivity contribution >= 4 is 0 Å². The molecule has 0 radical (unpaired) electrons. The van der Waals surface area contributed by atoms with Crippen molar-refractivity contribution in [2.45, 2.75) is 50.3 Å². The first-order valence-corrected chi connectivity index (χ1v) is 5.80. The summed E-state index contributed by atoms with van der Waals surface area (Å²) in [6.07, 6.45) is 6.21. The zero-order chi connectivity index (χ0) is 9.86. The van der Waals surface area contributed by atoms with Crippen LogP contribution in [0.2, 0.25) is 0 Å². The highest BCUT2D eigenvalue weighted by Crippen LogP contribution is 2.27. The van der Waals surface area contributed by atoms with Crippen LogP contribution in [0.3, 0.4) is 0 Å². The van der Waals surface area contributed by atoms with Crippen LogP contribution in [0.4, 0.5) is 4.39 Å². The molecule has 0 spiro atoms. The number of hydrogen-bond acceptors (Lipinski definition) is 2. The summed E-state index contributed by atoms with van der Waals surface area (Å²) >= 11 is 0. The molecule has 0 amide bonds. The lowest BCUT2D eigenvalue weighted by atomic mass is 9.96. The summed E-state index contributed by atoms with van der Waals surface area (Å²) in [7, 11) is 0. The van der Waals surface area contributed by atoms with Crippen molar-refractivity contribution in [3.63, 3.8) is 0 Å². The highest BCUT2D eigenvalue weighted by atomic mass is 19.1. The smallest absolute Gasteiger partial charge is 0.124 e. The Kier molecular flexibility index (Phi) is 3.39. The average molecular weight is 201 g/mol. The molecule has 0 bridgehead atoms. The molecule has 2 fully saturated rings. The number of nitrogens with one attached hydrogen (secondary N) is 1. The minimum Gasteiger partial charge on any atom is -0.378 e. The van der Waals surface area contributed by atoms with Crippen molar-refractivity contribution in [1.29, 1.82) is 0 Å². The van der Waals surface area contributed by atoms with E-state index in [0.29, 0.717) is 25.5 Å². The Morgan fingerprint density at radius 3 is 3.07 bits per heavy atom. The molecule has 2 aliphatic heterocycles. The molecule has 0 aromatic rings. The third-order valence-electron chi connectivity index (χ3n) is 3.37. The van der Waals surface area contributed by atoms with Gasteiger partial charge in [0.15, 0.2) is 0 Å². The minimum atomic E-state index is -0.918. The Morgan fingerprint density at radius 2 is 2.43 bits per heavy atom. The Balaban J connectivity index is 1.61. The van der Waals surface area contributed by atoms with E-state index in [2.05, 4.69) is 5.32 Å². The van der Waals surface area contributed by atoms with E-state index < -0.39 is 5.67 Å². The first kappa shape index (κ1) is 10.4. The number of alkyl halides is 1. The maximum absolute atomic E-state index is 13.9. The normalized spacial score (nSPS) is 37.9. The molecular weight excluding hydrogens is 181 g/mol. The zero-order valence-corrected chi connectivity index (χ0v) is 8.73. The van der Waals surface area contributed by atoms with Gasteiger partial charge in [-0.15, -0.1) is 0 Å². The van der Waals surface area contributed by atoms with E-state index in [1.54, 1.807) is 0 Å². The van der Waals surface area contributed by atoms with Gasteiger partial charge in [0.25, 0.3) is 0 Å². The summed E-state index contributed by atoms with van der Waals surface area (Å²) in [5, 5.41) is 3.09. The molecule has 2 heterocycles. The summed E-state index contributed by atoms with van der Waals surface area (Å²) in [6.45, 7) is 2.31. The van der Waals surface area contributed by atoms with Crippen LogP contribution in [0.25, 0.3) is 0 Å². The van der Waals surface area contributed by atoms with Crippen LogP contribution in [0.15, 0.2) is 0 Å². The molecule has 2 unspecified atom stereocenters. The van der Waals surface area contributed by atoms with Gasteiger partial charge in [-0.3, -0.25) is 0 Å². The van der Waals surface area contributed by atoms with Gasteiger partial charge in [-0.1, -0.05) is 0 Å². The fraction of sp³-hybridized carbons (Fsp3) is 1.00. The molecule has 2 rings (SSSR count). The molecule has 0 aliphatic carbocycles. The Hall–Kier alpha value is -0.150. The Bertz CT molecular complexity index is 174. The predicted octanol–water partition coefficient (Wildman–Crippen LogP) is 2.04. The number of hydrogen-bond donors (Lipinski definition) is 1. The monoisotopic (exact) mass is 201 g/mol. The van der Waals surface area contributed by atoms with Crippen molar-refractivity contribution in [1.82, 2.24) is 5.32 Å². The molecule has 2 nitrogen and oxygen atoms in total. The Morgan fingerprint density at radius 1 is 1.50 bits per heavy atom. The fourth-order valence-corrected chi connectivity index (χ4v) is 2.45. The maximum atomic E-state index is 13.9. The van der Waals surface area contributed by atoms with Crippen LogP contribution in [-0.2, 0) is 4.74 Å². The number of halogens is 1. The molecule has 0 aromatic carbocycles. The van der Waals surface area contributed by atoms with Gasteiger partial charge >= 0.3 is 0 Å². The van der Waals surface area contributed by atoms with E-state index in [9.17, 15) is 4.39 Å². The predicted molar refractivity (Wildman–Crippen MR) is 54.2 cm³/mol. The van der Waals surface area contributed by atoms with E-state index in [-0.39, 0.29) is 0 Å². The molecule has 0 saturated carbocycles. The zero-order valence-electron chi connectivity index (χ0n) is 8.73. The quantitative estimate of drug-likeness (QED) is 0.751. The lowest BCUT2D eigenvalue weighted by molar-refractivity contribution is 0.0936. The van der Waals surface area contributed by atoms with Crippen molar-refractivity contribution in [3.05, 3.63) is 0 Å². The van der Waals surface area contributed by atoms with Crippen LogP contribution in [0, 0.1) is 0 Å². The van der Waals surface area contributed by atoms with Crippen LogP contribution >= 0.6 is 0 Å². The van der Waals surface area contributed by atoms with Gasteiger partial charge in [0.2, 0.25) is 0 Å². The van der Waals surface area contributed by atoms with Gasteiger partial charge in [0.1, 0.15) is 5.67 Å². The first-order valence-electron chi connectivity index (χ1n) is 5.80. The summed E-state index contributed by atoms with van der Waals surface area (Å²) in [4.78, 5) is 0. The molecule has 3 heteroatoms. The molecule has 2 atom stereocenters. The second-order valence-corrected chi connectivity index (χ2v) is 4.60. The van der Waals surface area contributed by atoms with E-state index in [4.69, 9.17) is 4.74 Å². The molecular formula is C11H20FNO. The highest BCUT2D eigenvalue weighted by Gasteiger charge is 2.33. The topological polar surface area (TPSA) is 21.3 Å². The molecule has 2 saturated heterocycles. The fourth-order valence-electron chi connectivity index (χ4n) is 2.45. The van der Waals surface area contributed by atoms with Gasteiger partial charge in [0, 0.05) is 13.2 Å². The summed E-state index contributed by atoms with van der Waals surface area (Å²) < 4.78 is 19.4. The van der Waals surface area contributed by atoms with E-state index in [1.807, 2.05) is 0 Å². The SMILES string of the molecule is FC1(CCCC2CCCO2)CCNC1. The standard InChI is InChI=1S/C11H20FNO/c12-11(6-7-13-9-11)5-1-3-10-4-2-8-14-10/h10,13H,1-9H2. The van der Waals surface area contributed by atoms with E-state index in [1.165, 1.54) is 12.8 Å². The summed E-state index contributed by atoms with van der Waals surface area (Å²) in [5.41, 5.74) is -0.918. The van der Waals surface area contributed by atoms with E-state index >= 15 is 0 Å². The highest BCUT2D eigenvalue weighted by molar-refractivity contribution is 4.88. The van der Waals surface area contributed by atoms with E-state index in [0.717, 1.165) is 26.0 Å². The third kappa shape index (κ3) is 2.67. The largest absolute Gasteiger partial charge is 0.378 e. The van der Waals surface area contributed by atoms with Crippen LogP contribution in [0.5, 0.6) is 0 Å². The third-order valence-corrected chi connectivity index (χ3v) is 3.37. The molecule has 2 aliphatic rings. The van der Waals surface area contributed by atoms with Crippen LogP contribution in [0.1, 0.15) is 38.5 Å². The second kappa shape index (κ2) is 4.58. The summed E-state index contributed by atoms with van der Waals surface area (Å²) in [5.74, 6) is 0. The lowest BCUT2D eigenvalue weighted by Crippen LogP contribution is -2.26. The van der Waals surface area contributed by atoms with Crippen LogP contribution in [-0.4, -0.2) is 31.5 Å². The van der Waals surface area contributed by atoms with Crippen LogP contribution < -0.4 is 5.32 Å². The van der Waals surface area contributed by atoms with Crippen molar-refractivity contribution < 1.29 is 9.13 Å². The van der Waals surface area contributed by atoms with Gasteiger partial charge in [-0.2, -0.15) is 0 Å². The summed E-state index contributed by atoms with van der Waals surface area (Å²) in [6, 6.07) is 0. The molecule has 0 aromatic heterocycles. The number of rotatable bonds is 4. The van der Waals surface area contributed by atoms with Crippen molar-refractivity contribution in [3.8, 4) is 0 Å². The van der Waals surface area contributed by atoms with Gasteiger partial charge in [-0.05, 0) is 45.1 Å². The van der Waals surface area contributed by atoms with Crippen molar-refractivity contribution in [2.24, 2.45) is 0 Å². The number of ether oxygens (including phenoxy) is 1. The molecule has 1 N–H and O–H groups in total. The van der Waals surface area contributed by atoms with Crippen molar-refractivity contribution in [2.75, 3.05) is 19.7 Å². The Labute approximate surface area is 85.2 Å². The lowest BCUT2D eigenvalue weighted by Gasteiger charge is -2.18. The average Bonchev–Trinajstić information content (AvgIpc) is 2.77. The second-order valence-electron chi connectivity index (χ2n) is 4.60. The minimum absolute atomic E-state index is 0.424. The van der Waals surface area contributed by atoms with Gasteiger partial charge < -0.3 is 10.1 Å². The molecule has 14 heavy (non-hydrogen) atoms. The van der Waals surface area contributed by atoms with Gasteiger partial charge in [-0.25, -0.2) is 4.39 Å². The first-order chi connectivity index (χ1) is 6.79. The molecule has 82 valence electrons. The maximum Gasteiger partial charge on any atom is 0.124 e.